The molecule has 0 heterocycles. The fraction of sp³-hybridized carbons (Fsp3) is 0.500. The van der Waals surface area contributed by atoms with Crippen LogP contribution in [0.5, 0.6) is 0 Å². The summed E-state index contributed by atoms with van der Waals surface area (Å²) in [7, 11) is 1.04. The maximum Gasteiger partial charge on any atom is 0.396 e. The summed E-state index contributed by atoms with van der Waals surface area (Å²) >= 11 is 0. The molecule has 1 amide bonds. The summed E-state index contributed by atoms with van der Waals surface area (Å²) < 4.78 is 4.05. The Morgan fingerprint density at radius 2 is 1.92 bits per heavy atom. The molecular formula is C6H9NO5. The zero-order valence-electron chi connectivity index (χ0n) is 6.66. The van der Waals surface area contributed by atoms with Gasteiger partial charge in [0.05, 0.1) is 7.11 Å². The van der Waals surface area contributed by atoms with Crippen LogP contribution in [0.25, 0.3) is 0 Å². The van der Waals surface area contributed by atoms with E-state index in [0.717, 1.165) is 7.11 Å². The van der Waals surface area contributed by atoms with Gasteiger partial charge in [-0.2, -0.15) is 0 Å². The highest BCUT2D eigenvalue weighted by Gasteiger charge is 2.19. The Balaban J connectivity index is 4.01. The number of aliphatic carboxylic acids is 1. The van der Waals surface area contributed by atoms with Crippen LogP contribution in [0.4, 0.5) is 0 Å². The molecule has 0 aliphatic carbocycles. The molecule has 0 rings (SSSR count). The second kappa shape index (κ2) is 4.32. The quantitative estimate of drug-likeness (QED) is 0.404. The van der Waals surface area contributed by atoms with Crippen molar-refractivity contribution in [1.29, 1.82) is 0 Å². The van der Waals surface area contributed by atoms with Crippen LogP contribution in [0.3, 0.4) is 0 Å². The van der Waals surface area contributed by atoms with Crippen LogP contribution in [0.15, 0.2) is 0 Å². The average molecular weight is 175 g/mol. The zero-order valence-corrected chi connectivity index (χ0v) is 6.66. The minimum atomic E-state index is -1.22. The topological polar surface area (TPSA) is 92.7 Å². The average Bonchev–Trinajstić information content (AvgIpc) is 2.02. The molecule has 0 aromatic rings. The highest BCUT2D eigenvalue weighted by molar-refractivity contribution is 6.32. The number of ether oxygens (including phenoxy) is 1. The predicted molar refractivity (Wildman–Crippen MR) is 37.3 cm³/mol. The third-order valence-electron chi connectivity index (χ3n) is 1.09. The van der Waals surface area contributed by atoms with Gasteiger partial charge in [-0.05, 0) is 6.92 Å². The predicted octanol–water partition coefficient (Wildman–Crippen LogP) is -1.25. The molecule has 0 saturated heterocycles. The van der Waals surface area contributed by atoms with Gasteiger partial charge in [0, 0.05) is 0 Å². The lowest BCUT2D eigenvalue weighted by atomic mass is 10.3. The number of carbonyl (C=O) groups is 3. The fourth-order valence-corrected chi connectivity index (χ4v) is 0.410. The molecule has 0 fully saturated rings. The maximum atomic E-state index is 10.6. The highest BCUT2D eigenvalue weighted by atomic mass is 16.5. The Bertz CT molecular complexity index is 212. The van der Waals surface area contributed by atoms with Crippen molar-refractivity contribution in [1.82, 2.24) is 5.32 Å². The number of esters is 1. The van der Waals surface area contributed by atoms with E-state index >= 15 is 0 Å². The van der Waals surface area contributed by atoms with Crippen LogP contribution in [-0.4, -0.2) is 36.1 Å². The number of nitrogens with one attached hydrogen (secondary N) is 1. The fourth-order valence-electron chi connectivity index (χ4n) is 0.410. The van der Waals surface area contributed by atoms with Gasteiger partial charge in [-0.3, -0.25) is 9.59 Å². The molecule has 0 aromatic heterocycles. The molecule has 0 spiro atoms. The summed E-state index contributed by atoms with van der Waals surface area (Å²) in [6.07, 6.45) is 0. The number of carbonyl (C=O) groups excluding carboxylic acids is 2. The number of carboxylic acids is 1. The standard InChI is InChI=1S/C6H9NO5/c1-3(5(9)10)7-4(8)6(11)12-2/h3H,1-2H3,(H,7,8)(H,9,10)/t3-/m1/s1. The molecule has 68 valence electrons. The Labute approximate surface area is 68.5 Å². The highest BCUT2D eigenvalue weighted by Crippen LogP contribution is 1.82. The summed E-state index contributed by atoms with van der Waals surface area (Å²) in [4.78, 5) is 31.3. The Morgan fingerprint density at radius 3 is 2.25 bits per heavy atom. The third kappa shape index (κ3) is 3.00. The SMILES string of the molecule is COC(=O)C(=O)N[C@H](C)C(=O)O. The smallest absolute Gasteiger partial charge is 0.396 e. The Morgan fingerprint density at radius 1 is 1.42 bits per heavy atom. The third-order valence-corrected chi connectivity index (χ3v) is 1.09. The molecule has 6 heteroatoms. The first-order valence-corrected chi connectivity index (χ1v) is 3.10. The molecule has 0 aliphatic rings. The van der Waals surface area contributed by atoms with E-state index in [1.807, 2.05) is 5.32 Å². The molecule has 0 unspecified atom stereocenters. The van der Waals surface area contributed by atoms with Gasteiger partial charge in [-0.1, -0.05) is 0 Å². The largest absolute Gasteiger partial charge is 0.480 e. The Hall–Kier alpha value is -1.59. The van der Waals surface area contributed by atoms with E-state index in [4.69, 9.17) is 5.11 Å². The normalized spacial score (nSPS) is 11.5. The van der Waals surface area contributed by atoms with E-state index in [0.29, 0.717) is 0 Å². The van der Waals surface area contributed by atoms with Crippen molar-refractivity contribution in [2.45, 2.75) is 13.0 Å². The number of hydrogen-bond acceptors (Lipinski definition) is 4. The van der Waals surface area contributed by atoms with E-state index in [1.165, 1.54) is 6.92 Å². The van der Waals surface area contributed by atoms with Crippen molar-refractivity contribution in [3.63, 3.8) is 0 Å². The van der Waals surface area contributed by atoms with Crippen LogP contribution >= 0.6 is 0 Å². The lowest BCUT2D eigenvalue weighted by molar-refractivity contribution is -0.154. The van der Waals surface area contributed by atoms with Crippen LogP contribution in [-0.2, 0) is 19.1 Å². The first-order valence-electron chi connectivity index (χ1n) is 3.10. The Kier molecular flexibility index (Phi) is 3.75. The minimum absolute atomic E-state index is 1.04. The van der Waals surface area contributed by atoms with E-state index in [9.17, 15) is 14.4 Å². The molecule has 2 N–H and O–H groups in total. The van der Waals surface area contributed by atoms with E-state index in [1.54, 1.807) is 0 Å². The summed E-state index contributed by atoms with van der Waals surface area (Å²) in [5, 5.41) is 10.2. The molecular weight excluding hydrogens is 166 g/mol. The van der Waals surface area contributed by atoms with E-state index in [2.05, 4.69) is 4.74 Å². The van der Waals surface area contributed by atoms with Crippen molar-refractivity contribution < 1.29 is 24.2 Å². The van der Waals surface area contributed by atoms with Crippen LogP contribution in [0.1, 0.15) is 6.92 Å². The summed E-state index contributed by atoms with van der Waals surface area (Å²) in [6.45, 7) is 1.24. The van der Waals surface area contributed by atoms with Crippen LogP contribution in [0, 0.1) is 0 Å². The number of methoxy groups -OCH3 is 1. The first kappa shape index (κ1) is 10.4. The number of carboxylic acid groups (broad SMARTS) is 1. The van der Waals surface area contributed by atoms with Gasteiger partial charge in [0.25, 0.3) is 0 Å². The molecule has 0 bridgehead atoms. The maximum absolute atomic E-state index is 10.6. The summed E-state index contributed by atoms with van der Waals surface area (Å²) in [5.41, 5.74) is 0. The van der Waals surface area contributed by atoms with Crippen LogP contribution in [0.2, 0.25) is 0 Å². The van der Waals surface area contributed by atoms with Gasteiger partial charge in [-0.25, -0.2) is 4.79 Å². The van der Waals surface area contributed by atoms with Crippen molar-refractivity contribution >= 4 is 17.8 Å². The van der Waals surface area contributed by atoms with Crippen LogP contribution < -0.4 is 5.32 Å². The summed E-state index contributed by atoms with van der Waals surface area (Å²) in [6, 6.07) is -1.10. The second-order valence-electron chi connectivity index (χ2n) is 2.02. The second-order valence-corrected chi connectivity index (χ2v) is 2.02. The lowest BCUT2D eigenvalue weighted by Gasteiger charge is -2.06. The monoisotopic (exact) mass is 175 g/mol. The molecule has 12 heavy (non-hydrogen) atoms. The van der Waals surface area contributed by atoms with Gasteiger partial charge >= 0.3 is 17.8 Å². The molecule has 1 atom stereocenters. The number of hydrogen-bond donors (Lipinski definition) is 2. The molecule has 0 saturated carbocycles. The van der Waals surface area contributed by atoms with Crippen molar-refractivity contribution in [2.24, 2.45) is 0 Å². The molecule has 0 aliphatic heterocycles. The van der Waals surface area contributed by atoms with E-state index in [-0.39, 0.29) is 0 Å². The van der Waals surface area contributed by atoms with Gasteiger partial charge < -0.3 is 15.2 Å². The van der Waals surface area contributed by atoms with E-state index < -0.39 is 23.9 Å². The molecule has 0 aromatic carbocycles. The minimum Gasteiger partial charge on any atom is -0.480 e. The van der Waals surface area contributed by atoms with Gasteiger partial charge in [-0.15, -0.1) is 0 Å². The van der Waals surface area contributed by atoms with Gasteiger partial charge in [0.2, 0.25) is 0 Å². The number of amides is 1. The van der Waals surface area contributed by atoms with Crippen molar-refractivity contribution in [3.05, 3.63) is 0 Å². The first-order chi connectivity index (χ1) is 5.49. The van der Waals surface area contributed by atoms with Gasteiger partial charge in [0.1, 0.15) is 6.04 Å². The van der Waals surface area contributed by atoms with Crippen molar-refractivity contribution in [2.75, 3.05) is 7.11 Å². The zero-order chi connectivity index (χ0) is 9.72. The van der Waals surface area contributed by atoms with Gasteiger partial charge in [0.15, 0.2) is 0 Å². The molecule has 6 nitrogen and oxygen atoms in total. The lowest BCUT2D eigenvalue weighted by Crippen LogP contribution is -2.42. The molecule has 0 radical (unpaired) electrons. The number of rotatable bonds is 2. The summed E-state index contributed by atoms with van der Waals surface area (Å²) in [5.74, 6) is -3.39. The van der Waals surface area contributed by atoms with Crippen molar-refractivity contribution in [3.8, 4) is 0 Å².